The van der Waals surface area contributed by atoms with Gasteiger partial charge in [0.25, 0.3) is 0 Å². The Labute approximate surface area is 178 Å². The van der Waals surface area contributed by atoms with E-state index in [9.17, 15) is 9.90 Å². The van der Waals surface area contributed by atoms with E-state index >= 15 is 0 Å². The maximum absolute atomic E-state index is 11.5. The Morgan fingerprint density at radius 3 is 2.38 bits per heavy atom. The highest BCUT2D eigenvalue weighted by molar-refractivity contribution is 5.88. The molecule has 1 aromatic rings. The van der Waals surface area contributed by atoms with Crippen LogP contribution < -0.4 is 0 Å². The average Bonchev–Trinajstić information content (AvgIpc) is 2.74. The van der Waals surface area contributed by atoms with Gasteiger partial charge in [-0.2, -0.15) is 0 Å². The fourth-order valence-corrected chi connectivity index (χ4v) is 6.27. The summed E-state index contributed by atoms with van der Waals surface area (Å²) in [7, 11) is 0. The van der Waals surface area contributed by atoms with Gasteiger partial charge in [-0.15, -0.1) is 0 Å². The highest BCUT2D eigenvalue weighted by Crippen LogP contribution is 2.49. The van der Waals surface area contributed by atoms with Gasteiger partial charge in [0.2, 0.25) is 0 Å². The number of benzene rings is 1. The van der Waals surface area contributed by atoms with E-state index in [1.54, 1.807) is 0 Å². The molecule has 2 aliphatic carbocycles. The van der Waals surface area contributed by atoms with Crippen molar-refractivity contribution in [1.29, 1.82) is 0 Å². The van der Waals surface area contributed by atoms with E-state index in [1.807, 2.05) is 12.1 Å². The minimum absolute atomic E-state index is 0.465. The predicted octanol–water partition coefficient (Wildman–Crippen LogP) is 8.00. The van der Waals surface area contributed by atoms with Crippen LogP contribution in [0.4, 0.5) is 0 Å². The Bertz CT molecular complexity index is 642. The van der Waals surface area contributed by atoms with Gasteiger partial charge >= 0.3 is 5.97 Å². The number of hydrogen-bond acceptors (Lipinski definition) is 1. The van der Waals surface area contributed by atoms with Crippen LogP contribution in [0, 0.1) is 17.8 Å². The number of hydrogen-bond donors (Lipinski definition) is 1. The molecule has 1 aromatic carbocycles. The monoisotopic (exact) mass is 398 g/mol. The molecule has 0 bridgehead atoms. The largest absolute Gasteiger partial charge is 0.478 e. The van der Waals surface area contributed by atoms with Crippen molar-refractivity contribution < 1.29 is 9.90 Å². The summed E-state index contributed by atoms with van der Waals surface area (Å²) in [6.07, 6.45) is 18.8. The van der Waals surface area contributed by atoms with E-state index in [2.05, 4.69) is 19.9 Å². The molecule has 2 aliphatic rings. The maximum Gasteiger partial charge on any atom is 0.335 e. The van der Waals surface area contributed by atoms with Crippen molar-refractivity contribution in [3.05, 3.63) is 34.9 Å². The first kappa shape index (κ1) is 22.4. The van der Waals surface area contributed by atoms with Gasteiger partial charge in [-0.25, -0.2) is 4.79 Å². The molecule has 0 heterocycles. The molecule has 0 amide bonds. The van der Waals surface area contributed by atoms with Gasteiger partial charge < -0.3 is 5.11 Å². The molecule has 162 valence electrons. The Morgan fingerprint density at radius 1 is 0.931 bits per heavy atom. The molecule has 0 saturated heterocycles. The van der Waals surface area contributed by atoms with Crippen LogP contribution >= 0.6 is 0 Å². The van der Waals surface area contributed by atoms with E-state index < -0.39 is 5.97 Å². The van der Waals surface area contributed by atoms with Crippen molar-refractivity contribution in [2.45, 2.75) is 110 Å². The summed E-state index contributed by atoms with van der Waals surface area (Å²) >= 11 is 0. The molecule has 3 rings (SSSR count). The van der Waals surface area contributed by atoms with Crippen LogP contribution in [0.2, 0.25) is 0 Å². The molecule has 2 nitrogen and oxygen atoms in total. The molecule has 2 atom stereocenters. The summed E-state index contributed by atoms with van der Waals surface area (Å²) in [4.78, 5) is 11.5. The van der Waals surface area contributed by atoms with E-state index in [4.69, 9.17) is 0 Å². The number of aryl methyl sites for hydroxylation is 1. The Hall–Kier alpha value is -1.31. The van der Waals surface area contributed by atoms with Gasteiger partial charge in [-0.3, -0.25) is 0 Å². The topological polar surface area (TPSA) is 37.3 Å². The second-order valence-corrected chi connectivity index (χ2v) is 9.82. The minimum Gasteiger partial charge on any atom is -0.478 e. The van der Waals surface area contributed by atoms with Crippen LogP contribution in [0.3, 0.4) is 0 Å². The van der Waals surface area contributed by atoms with E-state index in [0.717, 1.165) is 24.2 Å². The minimum atomic E-state index is -0.789. The number of rotatable bonds is 10. The zero-order chi connectivity index (χ0) is 20.6. The molecule has 0 radical (unpaired) electrons. The van der Waals surface area contributed by atoms with Crippen molar-refractivity contribution in [2.75, 3.05) is 0 Å². The third-order valence-electron chi connectivity index (χ3n) is 7.82. The van der Waals surface area contributed by atoms with Crippen molar-refractivity contribution >= 4 is 5.97 Å². The van der Waals surface area contributed by atoms with Crippen LogP contribution in [0.5, 0.6) is 0 Å². The average molecular weight is 399 g/mol. The molecule has 2 unspecified atom stereocenters. The second kappa shape index (κ2) is 11.2. The van der Waals surface area contributed by atoms with Gasteiger partial charge in [0, 0.05) is 0 Å². The van der Waals surface area contributed by atoms with Gasteiger partial charge in [0.1, 0.15) is 0 Å². The van der Waals surface area contributed by atoms with Crippen molar-refractivity contribution in [1.82, 2.24) is 0 Å². The number of fused-ring (bicyclic) bond motifs is 1. The molecule has 1 fully saturated rings. The Morgan fingerprint density at radius 2 is 1.69 bits per heavy atom. The van der Waals surface area contributed by atoms with Gasteiger partial charge in [-0.1, -0.05) is 77.7 Å². The SMILES string of the molecule is CCCCCCCC1CCc2cc(C(=O)O)ccc2C1C1CCC(CCC)CC1. The Kier molecular flexibility index (Phi) is 8.63. The smallest absolute Gasteiger partial charge is 0.335 e. The lowest BCUT2D eigenvalue weighted by atomic mass is 9.63. The van der Waals surface area contributed by atoms with Crippen LogP contribution in [-0.4, -0.2) is 11.1 Å². The van der Waals surface area contributed by atoms with Crippen LogP contribution in [0.15, 0.2) is 18.2 Å². The highest BCUT2D eigenvalue weighted by Gasteiger charge is 2.37. The second-order valence-electron chi connectivity index (χ2n) is 9.82. The van der Waals surface area contributed by atoms with Crippen LogP contribution in [0.25, 0.3) is 0 Å². The molecule has 2 heteroatoms. The molecule has 29 heavy (non-hydrogen) atoms. The number of carboxylic acids is 1. The number of carboxylic acid groups (broad SMARTS) is 1. The highest BCUT2D eigenvalue weighted by atomic mass is 16.4. The van der Waals surface area contributed by atoms with Crippen LogP contribution in [-0.2, 0) is 6.42 Å². The first-order chi connectivity index (χ1) is 14.1. The fourth-order valence-electron chi connectivity index (χ4n) is 6.27. The van der Waals surface area contributed by atoms with Gasteiger partial charge in [0.15, 0.2) is 0 Å². The number of carbonyl (C=O) groups is 1. The van der Waals surface area contributed by atoms with Gasteiger partial charge in [0.05, 0.1) is 5.56 Å². The summed E-state index contributed by atoms with van der Waals surface area (Å²) in [6.45, 7) is 4.60. The first-order valence-electron chi connectivity index (χ1n) is 12.5. The lowest BCUT2D eigenvalue weighted by molar-refractivity contribution is 0.0696. The summed E-state index contributed by atoms with van der Waals surface area (Å²) < 4.78 is 0. The quantitative estimate of drug-likeness (QED) is 0.405. The van der Waals surface area contributed by atoms with Crippen molar-refractivity contribution in [3.8, 4) is 0 Å². The Balaban J connectivity index is 1.73. The standard InChI is InChI=1S/C27H42O2/c1-3-5-6-7-8-10-21-15-16-23-19-24(27(28)29)17-18-25(23)26(21)22-13-11-20(9-4-2)12-14-22/h17-22,26H,3-16H2,1-2H3,(H,28,29). The van der Waals surface area contributed by atoms with Crippen molar-refractivity contribution in [3.63, 3.8) is 0 Å². The number of unbranched alkanes of at least 4 members (excludes halogenated alkanes) is 4. The third kappa shape index (κ3) is 5.86. The summed E-state index contributed by atoms with van der Waals surface area (Å²) in [5.41, 5.74) is 3.29. The molecular weight excluding hydrogens is 356 g/mol. The maximum atomic E-state index is 11.5. The first-order valence-corrected chi connectivity index (χ1v) is 12.5. The molecule has 0 aliphatic heterocycles. The third-order valence-corrected chi connectivity index (χ3v) is 7.82. The predicted molar refractivity (Wildman–Crippen MR) is 122 cm³/mol. The summed E-state index contributed by atoms with van der Waals surface area (Å²) in [5.74, 6) is 2.42. The molecule has 1 saturated carbocycles. The lowest BCUT2D eigenvalue weighted by Crippen LogP contribution is -2.30. The normalized spacial score (nSPS) is 26.8. The lowest BCUT2D eigenvalue weighted by Gasteiger charge is -2.42. The van der Waals surface area contributed by atoms with Gasteiger partial charge in [-0.05, 0) is 79.0 Å². The summed E-state index contributed by atoms with van der Waals surface area (Å²) in [5, 5.41) is 9.42. The fraction of sp³-hybridized carbons (Fsp3) is 0.741. The zero-order valence-electron chi connectivity index (χ0n) is 18.8. The zero-order valence-corrected chi connectivity index (χ0v) is 18.8. The van der Waals surface area contributed by atoms with Crippen LogP contribution in [0.1, 0.15) is 125 Å². The molecule has 0 spiro atoms. The van der Waals surface area contributed by atoms with E-state index in [-0.39, 0.29) is 0 Å². The molecular formula is C27H42O2. The molecule has 1 N–H and O–H groups in total. The molecule has 0 aromatic heterocycles. The van der Waals surface area contributed by atoms with E-state index in [0.29, 0.717) is 11.5 Å². The summed E-state index contributed by atoms with van der Waals surface area (Å²) in [6, 6.07) is 6.02. The van der Waals surface area contributed by atoms with Crippen molar-refractivity contribution in [2.24, 2.45) is 17.8 Å². The number of aromatic carboxylic acids is 1. The van der Waals surface area contributed by atoms with E-state index in [1.165, 1.54) is 94.6 Å².